The smallest absolute Gasteiger partial charge is 0.335 e. The Morgan fingerprint density at radius 1 is 1.10 bits per heavy atom. The highest BCUT2D eigenvalue weighted by Crippen LogP contribution is 2.18. The molecular formula is C23H28N4O3. The first-order valence-corrected chi connectivity index (χ1v) is 10.5. The fourth-order valence-corrected chi connectivity index (χ4v) is 3.87. The summed E-state index contributed by atoms with van der Waals surface area (Å²) >= 11 is 0. The van der Waals surface area contributed by atoms with Crippen molar-refractivity contribution in [1.82, 2.24) is 4.90 Å². The van der Waals surface area contributed by atoms with Crippen LogP contribution in [-0.2, 0) is 4.74 Å². The molecule has 0 saturated carbocycles. The van der Waals surface area contributed by atoms with Gasteiger partial charge < -0.3 is 25.0 Å². The highest BCUT2D eigenvalue weighted by molar-refractivity contribution is 5.96. The second-order valence-electron chi connectivity index (χ2n) is 7.62. The Labute approximate surface area is 177 Å². The second-order valence-corrected chi connectivity index (χ2v) is 7.62. The topological polar surface area (TPSA) is 77.4 Å². The minimum absolute atomic E-state index is 0.165. The summed E-state index contributed by atoms with van der Waals surface area (Å²) in [7, 11) is 0. The average molecular weight is 409 g/mol. The third kappa shape index (κ3) is 5.10. The van der Waals surface area contributed by atoms with Gasteiger partial charge in [-0.3, -0.25) is 4.99 Å². The van der Waals surface area contributed by atoms with Gasteiger partial charge in [-0.25, -0.2) is 4.79 Å². The lowest BCUT2D eigenvalue weighted by atomic mass is 10.2. The molecule has 2 aliphatic rings. The summed E-state index contributed by atoms with van der Waals surface area (Å²) in [6, 6.07) is 17.3. The summed E-state index contributed by atoms with van der Waals surface area (Å²) < 4.78 is 5.73. The number of piperazine rings is 1. The monoisotopic (exact) mass is 408 g/mol. The number of para-hydroxylation sites is 1. The van der Waals surface area contributed by atoms with Gasteiger partial charge in [0.1, 0.15) is 0 Å². The molecule has 7 nitrogen and oxygen atoms in total. The van der Waals surface area contributed by atoms with Crippen LogP contribution in [0.1, 0.15) is 23.2 Å². The molecule has 0 amide bonds. The van der Waals surface area contributed by atoms with E-state index in [2.05, 4.69) is 39.4 Å². The van der Waals surface area contributed by atoms with E-state index in [1.54, 1.807) is 18.2 Å². The summed E-state index contributed by atoms with van der Waals surface area (Å²) in [5.41, 5.74) is 2.22. The molecule has 0 radical (unpaired) electrons. The van der Waals surface area contributed by atoms with Crippen LogP contribution in [0.3, 0.4) is 0 Å². The molecule has 1 atom stereocenters. The lowest BCUT2D eigenvalue weighted by Gasteiger charge is -2.38. The minimum Gasteiger partial charge on any atom is -0.478 e. The van der Waals surface area contributed by atoms with E-state index in [0.29, 0.717) is 6.54 Å². The molecule has 0 unspecified atom stereocenters. The number of carbonyl (C=O) groups is 1. The highest BCUT2D eigenvalue weighted by Gasteiger charge is 2.22. The summed E-state index contributed by atoms with van der Waals surface area (Å²) in [6.07, 6.45) is 2.28. The van der Waals surface area contributed by atoms with Crippen LogP contribution in [0.2, 0.25) is 0 Å². The zero-order valence-electron chi connectivity index (χ0n) is 17.0. The predicted molar refractivity (Wildman–Crippen MR) is 119 cm³/mol. The van der Waals surface area contributed by atoms with E-state index in [0.717, 1.165) is 57.3 Å². The SMILES string of the molecule is O=C(O)c1cccc(NC(=NC[C@@H]2CCCO2)N2CCN(c3ccccc3)CC2)c1. The van der Waals surface area contributed by atoms with Crippen molar-refractivity contribution in [2.45, 2.75) is 18.9 Å². The molecule has 4 rings (SSSR count). The van der Waals surface area contributed by atoms with Crippen molar-refractivity contribution in [1.29, 1.82) is 0 Å². The number of hydrogen-bond donors (Lipinski definition) is 2. The molecule has 2 heterocycles. The Kier molecular flexibility index (Phi) is 6.49. The van der Waals surface area contributed by atoms with E-state index in [4.69, 9.17) is 9.73 Å². The molecular weight excluding hydrogens is 380 g/mol. The molecule has 0 aliphatic carbocycles. The van der Waals surface area contributed by atoms with Gasteiger partial charge >= 0.3 is 5.97 Å². The lowest BCUT2D eigenvalue weighted by Crippen LogP contribution is -2.51. The van der Waals surface area contributed by atoms with Gasteiger partial charge in [0.25, 0.3) is 0 Å². The highest BCUT2D eigenvalue weighted by atomic mass is 16.5. The van der Waals surface area contributed by atoms with Gasteiger partial charge in [0.05, 0.1) is 18.2 Å². The van der Waals surface area contributed by atoms with Gasteiger partial charge in [-0.15, -0.1) is 0 Å². The molecule has 2 aromatic carbocycles. The maximum Gasteiger partial charge on any atom is 0.335 e. The van der Waals surface area contributed by atoms with Crippen molar-refractivity contribution in [3.63, 3.8) is 0 Å². The van der Waals surface area contributed by atoms with Gasteiger partial charge in [0.15, 0.2) is 5.96 Å². The normalized spacial score (nSPS) is 19.7. The van der Waals surface area contributed by atoms with Crippen LogP contribution in [0.25, 0.3) is 0 Å². The number of rotatable bonds is 5. The summed E-state index contributed by atoms with van der Waals surface area (Å²) in [5.74, 6) is -0.159. The van der Waals surface area contributed by atoms with E-state index in [-0.39, 0.29) is 11.7 Å². The average Bonchev–Trinajstić information content (AvgIpc) is 3.31. The molecule has 2 aromatic rings. The largest absolute Gasteiger partial charge is 0.478 e. The number of anilines is 2. The number of hydrogen-bond acceptors (Lipinski definition) is 4. The van der Waals surface area contributed by atoms with E-state index in [9.17, 15) is 9.90 Å². The van der Waals surface area contributed by atoms with Crippen LogP contribution in [0.4, 0.5) is 11.4 Å². The Morgan fingerprint density at radius 3 is 2.60 bits per heavy atom. The van der Waals surface area contributed by atoms with Gasteiger partial charge in [-0.05, 0) is 43.2 Å². The van der Waals surface area contributed by atoms with Crippen LogP contribution in [-0.4, -0.2) is 67.4 Å². The van der Waals surface area contributed by atoms with Gasteiger partial charge in [-0.1, -0.05) is 24.3 Å². The number of carboxylic acids is 1. The quantitative estimate of drug-likeness (QED) is 0.585. The maximum absolute atomic E-state index is 11.3. The number of carboxylic acid groups (broad SMARTS) is 1. The van der Waals surface area contributed by atoms with Crippen molar-refractivity contribution in [3.05, 3.63) is 60.2 Å². The first kappa shape index (κ1) is 20.2. The van der Waals surface area contributed by atoms with Crippen molar-refractivity contribution >= 4 is 23.3 Å². The molecule has 0 spiro atoms. The molecule has 0 bridgehead atoms. The van der Waals surface area contributed by atoms with Crippen LogP contribution < -0.4 is 10.2 Å². The van der Waals surface area contributed by atoms with E-state index in [1.807, 2.05) is 12.1 Å². The molecule has 2 aliphatic heterocycles. The molecule has 0 aromatic heterocycles. The standard InChI is InChI=1S/C23H28N4O3/c28-22(29)18-6-4-7-19(16-18)25-23(24-17-21-10-5-15-30-21)27-13-11-26(12-14-27)20-8-2-1-3-9-20/h1-4,6-9,16,21H,5,10-15,17H2,(H,24,25)(H,28,29)/t21-/m0/s1. The first-order chi connectivity index (χ1) is 14.7. The summed E-state index contributed by atoms with van der Waals surface area (Å²) in [5, 5.41) is 12.6. The lowest BCUT2D eigenvalue weighted by molar-refractivity contribution is 0.0697. The zero-order valence-corrected chi connectivity index (χ0v) is 17.0. The number of nitrogens with zero attached hydrogens (tertiary/aromatic N) is 3. The van der Waals surface area contributed by atoms with Crippen molar-refractivity contribution in [2.24, 2.45) is 4.99 Å². The molecule has 30 heavy (non-hydrogen) atoms. The number of aromatic carboxylic acids is 1. The second kappa shape index (κ2) is 9.63. The van der Waals surface area contributed by atoms with Gasteiger partial charge in [0, 0.05) is 44.2 Å². The van der Waals surface area contributed by atoms with Gasteiger partial charge in [-0.2, -0.15) is 0 Å². The molecule has 2 saturated heterocycles. The molecule has 7 heteroatoms. The third-order valence-electron chi connectivity index (χ3n) is 5.53. The Morgan fingerprint density at radius 2 is 1.90 bits per heavy atom. The Bertz CT molecular complexity index is 873. The molecule has 2 fully saturated rings. The number of guanidine groups is 1. The fraction of sp³-hybridized carbons (Fsp3) is 0.391. The molecule has 2 N–H and O–H groups in total. The maximum atomic E-state index is 11.3. The third-order valence-corrected chi connectivity index (χ3v) is 5.53. The number of ether oxygens (including phenoxy) is 1. The van der Waals surface area contributed by atoms with E-state index in [1.165, 1.54) is 5.69 Å². The van der Waals surface area contributed by atoms with Crippen LogP contribution in [0.5, 0.6) is 0 Å². The van der Waals surface area contributed by atoms with E-state index >= 15 is 0 Å². The van der Waals surface area contributed by atoms with Crippen LogP contribution in [0.15, 0.2) is 59.6 Å². The summed E-state index contributed by atoms with van der Waals surface area (Å²) in [6.45, 7) is 4.90. The Hall–Kier alpha value is -3.06. The number of aliphatic imine (C=N–C) groups is 1. The van der Waals surface area contributed by atoms with Crippen molar-refractivity contribution in [3.8, 4) is 0 Å². The van der Waals surface area contributed by atoms with Crippen molar-refractivity contribution < 1.29 is 14.6 Å². The van der Waals surface area contributed by atoms with Crippen LogP contribution >= 0.6 is 0 Å². The predicted octanol–water partition coefficient (Wildman–Crippen LogP) is 3.15. The summed E-state index contributed by atoms with van der Waals surface area (Å²) in [4.78, 5) is 20.8. The van der Waals surface area contributed by atoms with Crippen LogP contribution in [0, 0.1) is 0 Å². The first-order valence-electron chi connectivity index (χ1n) is 10.5. The van der Waals surface area contributed by atoms with E-state index < -0.39 is 5.97 Å². The van der Waals surface area contributed by atoms with Gasteiger partial charge in [0.2, 0.25) is 0 Å². The van der Waals surface area contributed by atoms with Crippen molar-refractivity contribution in [2.75, 3.05) is 49.5 Å². The fourth-order valence-electron chi connectivity index (χ4n) is 3.87. The molecule has 158 valence electrons. The zero-order chi connectivity index (χ0) is 20.8. The minimum atomic E-state index is -0.937. The number of nitrogens with one attached hydrogen (secondary N) is 1. The number of benzene rings is 2. The Balaban J connectivity index is 1.47.